The van der Waals surface area contributed by atoms with E-state index in [0.717, 1.165) is 11.3 Å². The smallest absolute Gasteiger partial charge is 0.247 e. The molecule has 8 nitrogen and oxygen atoms in total. The van der Waals surface area contributed by atoms with Crippen LogP contribution in [-0.4, -0.2) is 40.5 Å². The molecule has 0 aliphatic carbocycles. The average molecular weight is 590 g/mol. The molecule has 0 fully saturated rings. The average Bonchev–Trinajstić information content (AvgIpc) is 3.38. The molecule has 1 unspecified atom stereocenters. The van der Waals surface area contributed by atoms with E-state index in [1.54, 1.807) is 40.1 Å². The van der Waals surface area contributed by atoms with Gasteiger partial charge in [-0.25, -0.2) is 4.39 Å². The first kappa shape index (κ1) is 28.8. The minimum atomic E-state index is -1.20. The third-order valence-electron chi connectivity index (χ3n) is 7.91. The summed E-state index contributed by atoms with van der Waals surface area (Å²) in [5.41, 5.74) is 4.26. The lowest BCUT2D eigenvalue weighted by Gasteiger charge is -2.31. The Morgan fingerprint density at radius 2 is 1.59 bits per heavy atom. The summed E-state index contributed by atoms with van der Waals surface area (Å²) in [6, 6.07) is 27.9. The van der Waals surface area contributed by atoms with E-state index in [4.69, 9.17) is 0 Å². The standard InChI is InChI=1S/C35H32FN5O3/c1-22(2)40(26-16-13-23(3)14-17-26)33(42)21-39-31-11-7-8-12-32(31)41(25-9-5-4-6-10-25)35(44)28(34(39)43)20-30-27-18-15-24(36)19-29(27)37-38-30/h4-19,22,28H,20-21H2,1-3H3,(H,37,38). The Hall–Kier alpha value is -5.31. The largest absolute Gasteiger partial charge is 0.308 e. The van der Waals surface area contributed by atoms with E-state index >= 15 is 0 Å². The maximum Gasteiger partial charge on any atom is 0.247 e. The maximum atomic E-state index is 14.5. The number of carbonyl (C=O) groups is 3. The van der Waals surface area contributed by atoms with E-state index in [1.165, 1.54) is 17.0 Å². The van der Waals surface area contributed by atoms with Crippen LogP contribution in [0.3, 0.4) is 0 Å². The van der Waals surface area contributed by atoms with Gasteiger partial charge >= 0.3 is 0 Å². The number of hydrogen-bond acceptors (Lipinski definition) is 4. The minimum Gasteiger partial charge on any atom is -0.308 e. The number of hydrogen-bond donors (Lipinski definition) is 1. The lowest BCUT2D eigenvalue weighted by Crippen LogP contribution is -2.48. The number of H-pyrrole nitrogens is 1. The third-order valence-corrected chi connectivity index (χ3v) is 7.91. The zero-order valence-corrected chi connectivity index (χ0v) is 24.7. The van der Waals surface area contributed by atoms with E-state index in [0.29, 0.717) is 33.7 Å². The topological polar surface area (TPSA) is 89.6 Å². The number of anilines is 4. The molecule has 0 saturated heterocycles. The predicted molar refractivity (Wildman–Crippen MR) is 169 cm³/mol. The van der Waals surface area contributed by atoms with Gasteiger partial charge in [-0.2, -0.15) is 5.10 Å². The molecule has 5 aromatic rings. The second-order valence-electron chi connectivity index (χ2n) is 11.2. The van der Waals surface area contributed by atoms with Crippen LogP contribution in [0.25, 0.3) is 10.9 Å². The molecule has 1 N–H and O–H groups in total. The molecule has 3 amide bonds. The monoisotopic (exact) mass is 589 g/mol. The van der Waals surface area contributed by atoms with Crippen LogP contribution in [0.5, 0.6) is 0 Å². The molecule has 1 aromatic heterocycles. The molecule has 1 atom stereocenters. The number of carbonyl (C=O) groups excluding carboxylic acids is 3. The number of fused-ring (bicyclic) bond motifs is 2. The molecule has 0 saturated carbocycles. The fraction of sp³-hybridized carbons (Fsp3) is 0.200. The van der Waals surface area contributed by atoms with Crippen LogP contribution in [0.15, 0.2) is 97.1 Å². The normalized spacial score (nSPS) is 15.1. The van der Waals surface area contributed by atoms with E-state index in [2.05, 4.69) is 10.2 Å². The van der Waals surface area contributed by atoms with Crippen molar-refractivity contribution in [1.29, 1.82) is 0 Å². The summed E-state index contributed by atoms with van der Waals surface area (Å²) in [4.78, 5) is 47.7. The van der Waals surface area contributed by atoms with Gasteiger partial charge in [-0.1, -0.05) is 48.0 Å². The second-order valence-corrected chi connectivity index (χ2v) is 11.2. The van der Waals surface area contributed by atoms with Gasteiger partial charge in [-0.3, -0.25) is 24.4 Å². The summed E-state index contributed by atoms with van der Waals surface area (Å²) in [6.07, 6.45) is -0.0202. The fourth-order valence-corrected chi connectivity index (χ4v) is 5.80. The van der Waals surface area contributed by atoms with Crippen molar-refractivity contribution in [1.82, 2.24) is 10.2 Å². The van der Waals surface area contributed by atoms with Crippen LogP contribution in [0.4, 0.5) is 27.1 Å². The predicted octanol–water partition coefficient (Wildman–Crippen LogP) is 6.32. The Bertz CT molecular complexity index is 1850. The highest BCUT2D eigenvalue weighted by molar-refractivity contribution is 6.21. The molecular formula is C35H32FN5O3. The summed E-state index contributed by atoms with van der Waals surface area (Å²) in [5.74, 6) is -2.86. The Kier molecular flexibility index (Phi) is 7.69. The van der Waals surface area contributed by atoms with Gasteiger partial charge in [-0.15, -0.1) is 0 Å². The maximum absolute atomic E-state index is 14.5. The first-order chi connectivity index (χ1) is 21.2. The zero-order chi connectivity index (χ0) is 31.0. The Balaban J connectivity index is 1.45. The number of nitrogens with zero attached hydrogens (tertiary/aromatic N) is 4. The van der Waals surface area contributed by atoms with Crippen LogP contribution in [0.1, 0.15) is 25.1 Å². The third kappa shape index (κ3) is 5.32. The summed E-state index contributed by atoms with van der Waals surface area (Å²) >= 11 is 0. The highest BCUT2D eigenvalue weighted by Crippen LogP contribution is 2.40. The molecule has 6 rings (SSSR count). The molecule has 2 heterocycles. The van der Waals surface area contributed by atoms with Crippen LogP contribution in [0.2, 0.25) is 0 Å². The van der Waals surface area contributed by atoms with Gasteiger partial charge in [0.15, 0.2) is 0 Å². The van der Waals surface area contributed by atoms with Gasteiger partial charge in [0.25, 0.3) is 0 Å². The van der Waals surface area contributed by atoms with Crippen molar-refractivity contribution in [2.45, 2.75) is 33.2 Å². The van der Waals surface area contributed by atoms with Gasteiger partial charge in [0.1, 0.15) is 18.3 Å². The van der Waals surface area contributed by atoms with Gasteiger partial charge in [0.2, 0.25) is 17.7 Å². The van der Waals surface area contributed by atoms with Crippen LogP contribution >= 0.6 is 0 Å². The highest BCUT2D eigenvalue weighted by Gasteiger charge is 2.42. The number of rotatable bonds is 7. The van der Waals surface area contributed by atoms with E-state index in [9.17, 15) is 18.8 Å². The minimum absolute atomic E-state index is 0.0202. The molecule has 1 aliphatic rings. The summed E-state index contributed by atoms with van der Waals surface area (Å²) in [7, 11) is 0. The van der Waals surface area contributed by atoms with Crippen molar-refractivity contribution in [3.8, 4) is 0 Å². The second kappa shape index (κ2) is 11.8. The van der Waals surface area contributed by atoms with Crippen molar-refractivity contribution in [3.63, 3.8) is 0 Å². The first-order valence-corrected chi connectivity index (χ1v) is 14.5. The van der Waals surface area contributed by atoms with Crippen LogP contribution < -0.4 is 14.7 Å². The van der Waals surface area contributed by atoms with Crippen molar-refractivity contribution >= 4 is 51.4 Å². The SMILES string of the molecule is Cc1ccc(N(C(=O)CN2C(=O)C(Cc3[nH]nc4cc(F)ccc34)C(=O)N(c3ccccc3)c3ccccc32)C(C)C)cc1. The van der Waals surface area contributed by atoms with Gasteiger partial charge in [0.05, 0.1) is 16.9 Å². The summed E-state index contributed by atoms with van der Waals surface area (Å²) < 4.78 is 13.9. The molecule has 222 valence electrons. The van der Waals surface area contributed by atoms with Crippen molar-refractivity contribution < 1.29 is 18.8 Å². The number of para-hydroxylation sites is 3. The lowest BCUT2D eigenvalue weighted by atomic mass is 9.97. The van der Waals surface area contributed by atoms with Gasteiger partial charge in [0, 0.05) is 41.0 Å². The first-order valence-electron chi connectivity index (χ1n) is 14.5. The molecular weight excluding hydrogens is 557 g/mol. The lowest BCUT2D eigenvalue weighted by molar-refractivity contribution is -0.132. The quantitative estimate of drug-likeness (QED) is 0.225. The van der Waals surface area contributed by atoms with E-state index < -0.39 is 23.5 Å². The summed E-state index contributed by atoms with van der Waals surface area (Å²) in [5, 5.41) is 7.73. The van der Waals surface area contributed by atoms with E-state index in [1.807, 2.05) is 75.4 Å². The van der Waals surface area contributed by atoms with Crippen molar-refractivity contribution in [2.24, 2.45) is 5.92 Å². The number of aryl methyl sites for hydroxylation is 1. The van der Waals surface area contributed by atoms with Gasteiger partial charge in [-0.05, 0) is 69.3 Å². The number of aromatic amines is 1. The number of benzene rings is 4. The molecule has 4 aromatic carbocycles. The Morgan fingerprint density at radius 3 is 2.30 bits per heavy atom. The van der Waals surface area contributed by atoms with Gasteiger partial charge < -0.3 is 9.80 Å². The highest BCUT2D eigenvalue weighted by atomic mass is 19.1. The summed E-state index contributed by atoms with van der Waals surface area (Å²) in [6.45, 7) is 5.55. The number of nitrogens with one attached hydrogen (secondary N) is 1. The molecule has 44 heavy (non-hydrogen) atoms. The van der Waals surface area contributed by atoms with E-state index in [-0.39, 0.29) is 24.9 Å². The van der Waals surface area contributed by atoms with Crippen LogP contribution in [0, 0.1) is 18.7 Å². The Morgan fingerprint density at radius 1 is 0.909 bits per heavy atom. The molecule has 1 aliphatic heterocycles. The molecule has 9 heteroatoms. The Labute approximate surface area is 254 Å². The van der Waals surface area contributed by atoms with Crippen molar-refractivity contribution in [2.75, 3.05) is 21.2 Å². The van der Waals surface area contributed by atoms with Crippen molar-refractivity contribution in [3.05, 3.63) is 114 Å². The number of halogens is 1. The number of aromatic nitrogens is 2. The van der Waals surface area contributed by atoms with Crippen LogP contribution in [-0.2, 0) is 20.8 Å². The number of amides is 3. The fourth-order valence-electron chi connectivity index (χ4n) is 5.80. The molecule has 0 spiro atoms. The molecule has 0 bridgehead atoms. The zero-order valence-electron chi connectivity index (χ0n) is 24.7. The molecule has 0 radical (unpaired) electrons.